The first kappa shape index (κ1) is 10.8. The molecule has 0 saturated carbocycles. The SMILES string of the molecule is CCc1ccnc(Nc2ccc3[nH]ccc3c2)c1. The van der Waals surface area contributed by atoms with E-state index in [0.29, 0.717) is 0 Å². The second-order valence-corrected chi connectivity index (χ2v) is 4.31. The van der Waals surface area contributed by atoms with Gasteiger partial charge in [0.2, 0.25) is 0 Å². The highest BCUT2D eigenvalue weighted by Crippen LogP contribution is 2.21. The third-order valence-corrected chi connectivity index (χ3v) is 3.06. The minimum absolute atomic E-state index is 0.893. The number of nitrogens with zero attached hydrogens (tertiary/aromatic N) is 1. The molecule has 0 amide bonds. The molecular weight excluding hydrogens is 222 g/mol. The third-order valence-electron chi connectivity index (χ3n) is 3.06. The van der Waals surface area contributed by atoms with Gasteiger partial charge >= 0.3 is 0 Å². The predicted molar refractivity (Wildman–Crippen MR) is 75.2 cm³/mol. The first-order valence-corrected chi connectivity index (χ1v) is 6.14. The van der Waals surface area contributed by atoms with Crippen molar-refractivity contribution in [2.45, 2.75) is 13.3 Å². The molecule has 0 fully saturated rings. The molecule has 3 aromatic rings. The van der Waals surface area contributed by atoms with Crippen LogP contribution in [0.1, 0.15) is 12.5 Å². The zero-order valence-corrected chi connectivity index (χ0v) is 10.3. The fourth-order valence-corrected chi connectivity index (χ4v) is 2.04. The van der Waals surface area contributed by atoms with Gasteiger partial charge in [0.1, 0.15) is 5.82 Å². The molecule has 0 saturated heterocycles. The Balaban J connectivity index is 1.90. The summed E-state index contributed by atoms with van der Waals surface area (Å²) in [6, 6.07) is 12.4. The molecule has 1 aromatic carbocycles. The Hall–Kier alpha value is -2.29. The normalized spacial score (nSPS) is 10.7. The summed E-state index contributed by atoms with van der Waals surface area (Å²) in [6.07, 6.45) is 4.81. The van der Waals surface area contributed by atoms with Crippen molar-refractivity contribution in [2.75, 3.05) is 5.32 Å². The van der Waals surface area contributed by atoms with Crippen molar-refractivity contribution in [2.24, 2.45) is 0 Å². The lowest BCUT2D eigenvalue weighted by molar-refractivity contribution is 1.12. The average Bonchev–Trinajstić information content (AvgIpc) is 2.86. The molecule has 2 aromatic heterocycles. The van der Waals surface area contributed by atoms with E-state index in [1.807, 2.05) is 18.5 Å². The van der Waals surface area contributed by atoms with Gasteiger partial charge in [0.05, 0.1) is 0 Å². The molecule has 0 aliphatic heterocycles. The van der Waals surface area contributed by atoms with Crippen molar-refractivity contribution in [1.82, 2.24) is 9.97 Å². The van der Waals surface area contributed by atoms with Crippen LogP contribution in [0.5, 0.6) is 0 Å². The molecule has 0 aliphatic carbocycles. The number of fused-ring (bicyclic) bond motifs is 1. The topological polar surface area (TPSA) is 40.7 Å². The van der Waals surface area contributed by atoms with Gasteiger partial charge in [0.25, 0.3) is 0 Å². The van der Waals surface area contributed by atoms with Crippen LogP contribution < -0.4 is 5.32 Å². The van der Waals surface area contributed by atoms with Gasteiger partial charge in [0, 0.05) is 29.0 Å². The first-order valence-electron chi connectivity index (χ1n) is 6.14. The third kappa shape index (κ3) is 2.07. The number of anilines is 2. The van der Waals surface area contributed by atoms with Crippen LogP contribution in [0.15, 0.2) is 48.8 Å². The fraction of sp³-hybridized carbons (Fsp3) is 0.133. The smallest absolute Gasteiger partial charge is 0.130 e. The maximum absolute atomic E-state index is 4.33. The number of aromatic nitrogens is 2. The molecule has 0 bridgehead atoms. The van der Waals surface area contributed by atoms with Crippen LogP contribution in [-0.4, -0.2) is 9.97 Å². The summed E-state index contributed by atoms with van der Waals surface area (Å²) in [6.45, 7) is 2.14. The number of hydrogen-bond donors (Lipinski definition) is 2. The van der Waals surface area contributed by atoms with Gasteiger partial charge in [-0.05, 0) is 48.4 Å². The Bertz CT molecular complexity index is 670. The molecule has 0 spiro atoms. The quantitative estimate of drug-likeness (QED) is 0.726. The Morgan fingerprint density at radius 2 is 2.11 bits per heavy atom. The van der Waals surface area contributed by atoms with Gasteiger partial charge in [0.15, 0.2) is 0 Å². The minimum Gasteiger partial charge on any atom is -0.361 e. The molecule has 3 nitrogen and oxygen atoms in total. The van der Waals surface area contributed by atoms with Crippen LogP contribution in [0.3, 0.4) is 0 Å². The van der Waals surface area contributed by atoms with Crippen molar-refractivity contribution in [3.05, 3.63) is 54.4 Å². The van der Waals surface area contributed by atoms with Crippen molar-refractivity contribution < 1.29 is 0 Å². The number of aromatic amines is 1. The lowest BCUT2D eigenvalue weighted by atomic mass is 10.2. The summed E-state index contributed by atoms with van der Waals surface area (Å²) in [7, 11) is 0. The number of pyridine rings is 1. The average molecular weight is 237 g/mol. The van der Waals surface area contributed by atoms with E-state index in [9.17, 15) is 0 Å². The van der Waals surface area contributed by atoms with Crippen molar-refractivity contribution >= 4 is 22.4 Å². The zero-order chi connectivity index (χ0) is 12.4. The number of aryl methyl sites for hydroxylation is 1. The summed E-state index contributed by atoms with van der Waals surface area (Å²) >= 11 is 0. The molecule has 0 atom stereocenters. The van der Waals surface area contributed by atoms with E-state index in [2.05, 4.69) is 52.5 Å². The molecule has 3 rings (SSSR count). The molecule has 0 unspecified atom stereocenters. The Labute approximate surface area is 106 Å². The number of rotatable bonds is 3. The maximum atomic E-state index is 4.33. The number of benzene rings is 1. The molecule has 0 aliphatic rings. The van der Waals surface area contributed by atoms with Gasteiger partial charge in [-0.15, -0.1) is 0 Å². The van der Waals surface area contributed by atoms with Gasteiger partial charge < -0.3 is 10.3 Å². The fourth-order valence-electron chi connectivity index (χ4n) is 2.04. The summed E-state index contributed by atoms with van der Waals surface area (Å²) in [5.74, 6) is 0.893. The van der Waals surface area contributed by atoms with Crippen molar-refractivity contribution in [1.29, 1.82) is 0 Å². The van der Waals surface area contributed by atoms with E-state index in [4.69, 9.17) is 0 Å². The van der Waals surface area contributed by atoms with Gasteiger partial charge in [-0.1, -0.05) is 6.92 Å². The van der Waals surface area contributed by atoms with E-state index in [-0.39, 0.29) is 0 Å². The standard InChI is InChI=1S/C15H15N3/c1-2-11-5-7-17-15(9-11)18-13-3-4-14-12(10-13)6-8-16-14/h3-10,16H,2H2,1H3,(H,17,18). The molecule has 0 radical (unpaired) electrons. The molecule has 2 N–H and O–H groups in total. The summed E-state index contributed by atoms with van der Waals surface area (Å²) in [5.41, 5.74) is 3.49. The van der Waals surface area contributed by atoms with Crippen LogP contribution >= 0.6 is 0 Å². The highest BCUT2D eigenvalue weighted by atomic mass is 15.0. The lowest BCUT2D eigenvalue weighted by Gasteiger charge is -2.06. The van der Waals surface area contributed by atoms with E-state index in [1.165, 1.54) is 10.9 Å². The van der Waals surface area contributed by atoms with Gasteiger partial charge in [-0.2, -0.15) is 0 Å². The Morgan fingerprint density at radius 3 is 3.00 bits per heavy atom. The minimum atomic E-state index is 0.893. The van der Waals surface area contributed by atoms with E-state index < -0.39 is 0 Å². The maximum Gasteiger partial charge on any atom is 0.130 e. The molecule has 3 heteroatoms. The monoisotopic (exact) mass is 237 g/mol. The largest absolute Gasteiger partial charge is 0.361 e. The van der Waals surface area contributed by atoms with E-state index in [0.717, 1.165) is 23.4 Å². The summed E-state index contributed by atoms with van der Waals surface area (Å²) in [4.78, 5) is 7.52. The predicted octanol–water partition coefficient (Wildman–Crippen LogP) is 3.87. The second kappa shape index (κ2) is 4.53. The first-order chi connectivity index (χ1) is 8.85. The molecular formula is C15H15N3. The number of nitrogens with one attached hydrogen (secondary N) is 2. The zero-order valence-electron chi connectivity index (χ0n) is 10.3. The lowest BCUT2D eigenvalue weighted by Crippen LogP contribution is -1.94. The van der Waals surface area contributed by atoms with Crippen LogP contribution in [0.4, 0.5) is 11.5 Å². The van der Waals surface area contributed by atoms with Gasteiger partial charge in [-0.3, -0.25) is 0 Å². The summed E-state index contributed by atoms with van der Waals surface area (Å²) < 4.78 is 0. The van der Waals surface area contributed by atoms with Crippen molar-refractivity contribution in [3.8, 4) is 0 Å². The second-order valence-electron chi connectivity index (χ2n) is 4.31. The molecule has 90 valence electrons. The van der Waals surface area contributed by atoms with Crippen LogP contribution in [0.25, 0.3) is 10.9 Å². The van der Waals surface area contributed by atoms with E-state index >= 15 is 0 Å². The van der Waals surface area contributed by atoms with Gasteiger partial charge in [-0.25, -0.2) is 4.98 Å². The van der Waals surface area contributed by atoms with Crippen LogP contribution in [-0.2, 0) is 6.42 Å². The Kier molecular flexibility index (Phi) is 2.73. The number of hydrogen-bond acceptors (Lipinski definition) is 2. The van der Waals surface area contributed by atoms with Crippen LogP contribution in [0.2, 0.25) is 0 Å². The highest BCUT2D eigenvalue weighted by Gasteiger charge is 1.99. The van der Waals surface area contributed by atoms with E-state index in [1.54, 1.807) is 0 Å². The molecule has 18 heavy (non-hydrogen) atoms. The van der Waals surface area contributed by atoms with Crippen molar-refractivity contribution in [3.63, 3.8) is 0 Å². The highest BCUT2D eigenvalue weighted by molar-refractivity contribution is 5.83. The number of H-pyrrole nitrogens is 1. The summed E-state index contributed by atoms with van der Waals surface area (Å²) in [5, 5.41) is 4.54. The Morgan fingerprint density at radius 1 is 1.17 bits per heavy atom. The molecule has 2 heterocycles. The van der Waals surface area contributed by atoms with Crippen LogP contribution in [0, 0.1) is 0 Å².